The smallest absolute Gasteiger partial charge is 0.228 e. The fourth-order valence-corrected chi connectivity index (χ4v) is 3.45. The van der Waals surface area contributed by atoms with E-state index in [0.29, 0.717) is 23.8 Å². The SMILES string of the molecule is COc1cc(C)nc(N2CC3CCCC(N)C3C2)n1. The first-order valence-corrected chi connectivity index (χ1v) is 7.07. The molecular formula is C14H22N4O. The summed E-state index contributed by atoms with van der Waals surface area (Å²) in [5.74, 6) is 2.74. The second kappa shape index (κ2) is 4.96. The molecule has 0 amide bonds. The molecule has 0 aromatic carbocycles. The Bertz CT molecular complexity index is 465. The molecule has 0 spiro atoms. The fraction of sp³-hybridized carbons (Fsp3) is 0.714. The molecule has 19 heavy (non-hydrogen) atoms. The number of anilines is 1. The highest BCUT2D eigenvalue weighted by molar-refractivity contribution is 5.36. The van der Waals surface area contributed by atoms with Gasteiger partial charge in [-0.3, -0.25) is 0 Å². The Morgan fingerprint density at radius 3 is 2.89 bits per heavy atom. The Morgan fingerprint density at radius 2 is 2.16 bits per heavy atom. The first-order chi connectivity index (χ1) is 9.17. The molecule has 1 saturated heterocycles. The van der Waals surface area contributed by atoms with Gasteiger partial charge in [0.1, 0.15) is 0 Å². The zero-order valence-corrected chi connectivity index (χ0v) is 11.7. The summed E-state index contributed by atoms with van der Waals surface area (Å²) >= 11 is 0. The number of nitrogens with zero attached hydrogens (tertiary/aromatic N) is 3. The third-order valence-corrected chi connectivity index (χ3v) is 4.46. The molecule has 104 valence electrons. The lowest BCUT2D eigenvalue weighted by atomic mass is 9.78. The molecule has 5 heteroatoms. The van der Waals surface area contributed by atoms with Gasteiger partial charge in [0.15, 0.2) is 0 Å². The maximum Gasteiger partial charge on any atom is 0.228 e. The van der Waals surface area contributed by atoms with Crippen LogP contribution in [0.1, 0.15) is 25.0 Å². The van der Waals surface area contributed by atoms with Crippen molar-refractivity contribution in [1.29, 1.82) is 0 Å². The van der Waals surface area contributed by atoms with E-state index in [4.69, 9.17) is 10.5 Å². The lowest BCUT2D eigenvalue weighted by Crippen LogP contribution is -2.38. The molecular weight excluding hydrogens is 240 g/mol. The van der Waals surface area contributed by atoms with Crippen molar-refractivity contribution in [2.75, 3.05) is 25.1 Å². The Hall–Kier alpha value is -1.36. The first-order valence-electron chi connectivity index (χ1n) is 7.07. The zero-order valence-electron chi connectivity index (χ0n) is 11.7. The van der Waals surface area contributed by atoms with E-state index in [-0.39, 0.29) is 0 Å². The van der Waals surface area contributed by atoms with Crippen LogP contribution in [0.4, 0.5) is 5.95 Å². The summed E-state index contributed by atoms with van der Waals surface area (Å²) in [5, 5.41) is 0. The number of nitrogens with two attached hydrogens (primary N) is 1. The topological polar surface area (TPSA) is 64.3 Å². The van der Waals surface area contributed by atoms with E-state index in [0.717, 1.165) is 31.2 Å². The van der Waals surface area contributed by atoms with Gasteiger partial charge >= 0.3 is 0 Å². The number of aryl methyl sites for hydroxylation is 1. The number of hydrogen-bond acceptors (Lipinski definition) is 5. The fourth-order valence-electron chi connectivity index (χ4n) is 3.45. The summed E-state index contributed by atoms with van der Waals surface area (Å²) in [6.07, 6.45) is 3.71. The summed E-state index contributed by atoms with van der Waals surface area (Å²) in [5.41, 5.74) is 7.20. The van der Waals surface area contributed by atoms with Crippen LogP contribution >= 0.6 is 0 Å². The molecule has 1 aliphatic carbocycles. The summed E-state index contributed by atoms with van der Waals surface area (Å²) in [6.45, 7) is 3.99. The van der Waals surface area contributed by atoms with Gasteiger partial charge in [0.05, 0.1) is 7.11 Å². The number of ether oxygens (including phenoxy) is 1. The van der Waals surface area contributed by atoms with Crippen LogP contribution in [0.25, 0.3) is 0 Å². The Balaban J connectivity index is 1.82. The van der Waals surface area contributed by atoms with Crippen molar-refractivity contribution in [3.05, 3.63) is 11.8 Å². The molecule has 2 N–H and O–H groups in total. The maximum atomic E-state index is 6.25. The van der Waals surface area contributed by atoms with Gasteiger partial charge in [0.25, 0.3) is 0 Å². The van der Waals surface area contributed by atoms with Gasteiger partial charge < -0.3 is 15.4 Å². The van der Waals surface area contributed by atoms with Crippen molar-refractivity contribution >= 4 is 5.95 Å². The van der Waals surface area contributed by atoms with Gasteiger partial charge in [-0.15, -0.1) is 0 Å². The predicted molar refractivity (Wildman–Crippen MR) is 74.3 cm³/mol. The van der Waals surface area contributed by atoms with Crippen molar-refractivity contribution in [1.82, 2.24) is 9.97 Å². The van der Waals surface area contributed by atoms with Crippen LogP contribution in [0.3, 0.4) is 0 Å². The minimum Gasteiger partial charge on any atom is -0.481 e. The van der Waals surface area contributed by atoms with Crippen LogP contribution in [-0.4, -0.2) is 36.2 Å². The molecule has 1 aromatic rings. The first kappa shape index (κ1) is 12.7. The monoisotopic (exact) mass is 262 g/mol. The van der Waals surface area contributed by atoms with E-state index in [2.05, 4.69) is 14.9 Å². The molecule has 1 aromatic heterocycles. The summed E-state index contributed by atoms with van der Waals surface area (Å²) in [4.78, 5) is 11.3. The Morgan fingerprint density at radius 1 is 1.32 bits per heavy atom. The number of methoxy groups -OCH3 is 1. The maximum absolute atomic E-state index is 6.25. The van der Waals surface area contributed by atoms with Gasteiger partial charge in [0.2, 0.25) is 11.8 Å². The molecule has 0 bridgehead atoms. The molecule has 3 rings (SSSR count). The van der Waals surface area contributed by atoms with Crippen LogP contribution in [0.2, 0.25) is 0 Å². The number of aromatic nitrogens is 2. The average Bonchev–Trinajstić information content (AvgIpc) is 2.83. The third kappa shape index (κ3) is 2.39. The van der Waals surface area contributed by atoms with E-state index in [1.54, 1.807) is 7.11 Å². The lowest BCUT2D eigenvalue weighted by molar-refractivity contribution is 0.260. The predicted octanol–water partition coefficient (Wildman–Crippen LogP) is 1.36. The quantitative estimate of drug-likeness (QED) is 0.871. The van der Waals surface area contributed by atoms with E-state index < -0.39 is 0 Å². The van der Waals surface area contributed by atoms with Crippen LogP contribution < -0.4 is 15.4 Å². The van der Waals surface area contributed by atoms with Crippen LogP contribution in [0.15, 0.2) is 6.07 Å². The van der Waals surface area contributed by atoms with Crippen LogP contribution in [-0.2, 0) is 0 Å². The van der Waals surface area contributed by atoms with Gasteiger partial charge in [-0.25, -0.2) is 4.98 Å². The van der Waals surface area contributed by atoms with Crippen molar-refractivity contribution < 1.29 is 4.74 Å². The lowest BCUT2D eigenvalue weighted by Gasteiger charge is -2.29. The van der Waals surface area contributed by atoms with Gasteiger partial charge in [-0.1, -0.05) is 6.42 Å². The number of hydrogen-bond donors (Lipinski definition) is 1. The van der Waals surface area contributed by atoms with Crippen molar-refractivity contribution in [2.24, 2.45) is 17.6 Å². The van der Waals surface area contributed by atoms with Gasteiger partial charge in [-0.2, -0.15) is 4.98 Å². The molecule has 5 nitrogen and oxygen atoms in total. The van der Waals surface area contributed by atoms with Crippen molar-refractivity contribution in [3.8, 4) is 5.88 Å². The minimum atomic E-state index is 0.343. The Labute approximate surface area is 114 Å². The second-order valence-corrected chi connectivity index (χ2v) is 5.78. The highest BCUT2D eigenvalue weighted by atomic mass is 16.5. The second-order valence-electron chi connectivity index (χ2n) is 5.78. The highest BCUT2D eigenvalue weighted by Gasteiger charge is 2.39. The average molecular weight is 262 g/mol. The summed E-state index contributed by atoms with van der Waals surface area (Å²) < 4.78 is 5.23. The molecule has 2 heterocycles. The molecule has 2 fully saturated rings. The van der Waals surface area contributed by atoms with E-state index in [1.807, 2.05) is 13.0 Å². The van der Waals surface area contributed by atoms with Gasteiger partial charge in [0, 0.05) is 30.9 Å². The number of rotatable bonds is 2. The minimum absolute atomic E-state index is 0.343. The van der Waals surface area contributed by atoms with Gasteiger partial charge in [-0.05, 0) is 31.6 Å². The molecule has 3 unspecified atom stereocenters. The third-order valence-electron chi connectivity index (χ3n) is 4.46. The molecule has 1 saturated carbocycles. The molecule has 0 radical (unpaired) electrons. The van der Waals surface area contributed by atoms with E-state index in [1.165, 1.54) is 12.8 Å². The molecule has 3 atom stereocenters. The zero-order chi connectivity index (χ0) is 13.4. The van der Waals surface area contributed by atoms with Crippen LogP contribution in [0, 0.1) is 18.8 Å². The summed E-state index contributed by atoms with van der Waals surface area (Å²) in [7, 11) is 1.64. The summed E-state index contributed by atoms with van der Waals surface area (Å²) in [6, 6.07) is 2.20. The largest absolute Gasteiger partial charge is 0.481 e. The highest BCUT2D eigenvalue weighted by Crippen LogP contribution is 2.36. The number of fused-ring (bicyclic) bond motifs is 1. The van der Waals surface area contributed by atoms with E-state index in [9.17, 15) is 0 Å². The molecule has 2 aliphatic rings. The van der Waals surface area contributed by atoms with Crippen molar-refractivity contribution in [3.63, 3.8) is 0 Å². The van der Waals surface area contributed by atoms with Crippen molar-refractivity contribution in [2.45, 2.75) is 32.2 Å². The molecule has 1 aliphatic heterocycles. The van der Waals surface area contributed by atoms with E-state index >= 15 is 0 Å². The van der Waals surface area contributed by atoms with Crippen LogP contribution in [0.5, 0.6) is 5.88 Å². The Kier molecular flexibility index (Phi) is 3.31. The normalized spacial score (nSPS) is 30.3. The standard InChI is InChI=1S/C14H22N4O/c1-9-6-13(19-2)17-14(16-9)18-7-10-4-3-5-12(15)11(10)8-18/h6,10-12H,3-5,7-8,15H2,1-2H3.